The van der Waals surface area contributed by atoms with E-state index in [0.29, 0.717) is 12.3 Å². The van der Waals surface area contributed by atoms with E-state index in [0.717, 1.165) is 36.9 Å². The normalized spacial score (nSPS) is 17.4. The Kier molecular flexibility index (Phi) is 4.48. The SMILES string of the molecule is Cc1cccc(C(C)C)c1NC(=O)CC1(N)CCCC1. The molecular formula is C17H26N2O. The molecule has 1 aromatic rings. The van der Waals surface area contributed by atoms with Crippen LogP contribution >= 0.6 is 0 Å². The number of carbonyl (C=O) groups excluding carboxylic acids is 1. The third-order valence-electron chi connectivity index (χ3n) is 4.30. The molecule has 0 heterocycles. The number of benzene rings is 1. The Hall–Kier alpha value is -1.35. The van der Waals surface area contributed by atoms with Crippen molar-refractivity contribution in [3.05, 3.63) is 29.3 Å². The average molecular weight is 274 g/mol. The van der Waals surface area contributed by atoms with Crippen LogP contribution in [0.25, 0.3) is 0 Å². The number of nitrogens with two attached hydrogens (primary N) is 1. The summed E-state index contributed by atoms with van der Waals surface area (Å²) in [5, 5.41) is 3.09. The molecule has 0 bridgehead atoms. The van der Waals surface area contributed by atoms with E-state index in [1.54, 1.807) is 0 Å². The van der Waals surface area contributed by atoms with Gasteiger partial charge in [0.2, 0.25) is 5.91 Å². The van der Waals surface area contributed by atoms with Gasteiger partial charge in [-0.2, -0.15) is 0 Å². The highest BCUT2D eigenvalue weighted by Crippen LogP contribution is 2.32. The maximum Gasteiger partial charge on any atom is 0.226 e. The van der Waals surface area contributed by atoms with Crippen LogP contribution in [0.4, 0.5) is 5.69 Å². The zero-order valence-electron chi connectivity index (χ0n) is 12.8. The van der Waals surface area contributed by atoms with E-state index < -0.39 is 0 Å². The van der Waals surface area contributed by atoms with Gasteiger partial charge < -0.3 is 11.1 Å². The van der Waals surface area contributed by atoms with Crippen molar-refractivity contribution in [2.75, 3.05) is 5.32 Å². The predicted molar refractivity (Wildman–Crippen MR) is 83.9 cm³/mol. The van der Waals surface area contributed by atoms with Gasteiger partial charge in [0, 0.05) is 17.6 Å². The third-order valence-corrected chi connectivity index (χ3v) is 4.30. The van der Waals surface area contributed by atoms with Crippen molar-refractivity contribution in [3.8, 4) is 0 Å². The van der Waals surface area contributed by atoms with Gasteiger partial charge in [0.15, 0.2) is 0 Å². The second-order valence-corrected chi connectivity index (χ2v) is 6.49. The number of carbonyl (C=O) groups is 1. The molecule has 3 nitrogen and oxygen atoms in total. The van der Waals surface area contributed by atoms with E-state index in [1.807, 2.05) is 19.1 Å². The summed E-state index contributed by atoms with van der Waals surface area (Å²) in [7, 11) is 0. The minimum atomic E-state index is -0.287. The number of hydrogen-bond donors (Lipinski definition) is 2. The maximum absolute atomic E-state index is 12.3. The van der Waals surface area contributed by atoms with Gasteiger partial charge in [-0.25, -0.2) is 0 Å². The molecule has 1 saturated carbocycles. The Balaban J connectivity index is 2.11. The molecule has 110 valence electrons. The predicted octanol–water partition coefficient (Wildman–Crippen LogP) is 3.72. The molecule has 0 unspecified atom stereocenters. The molecule has 1 aromatic carbocycles. The van der Waals surface area contributed by atoms with Crippen LogP contribution in [0.3, 0.4) is 0 Å². The first-order chi connectivity index (χ1) is 9.41. The number of hydrogen-bond acceptors (Lipinski definition) is 2. The zero-order valence-corrected chi connectivity index (χ0v) is 12.8. The molecule has 0 aliphatic heterocycles. The second-order valence-electron chi connectivity index (χ2n) is 6.49. The van der Waals surface area contributed by atoms with Crippen LogP contribution in [-0.4, -0.2) is 11.4 Å². The summed E-state index contributed by atoms with van der Waals surface area (Å²) in [6.07, 6.45) is 4.64. The van der Waals surface area contributed by atoms with Gasteiger partial charge in [-0.05, 0) is 36.8 Å². The summed E-state index contributed by atoms with van der Waals surface area (Å²) in [5.74, 6) is 0.439. The van der Waals surface area contributed by atoms with Crippen LogP contribution < -0.4 is 11.1 Å². The lowest BCUT2D eigenvalue weighted by Gasteiger charge is -2.24. The number of nitrogens with one attached hydrogen (secondary N) is 1. The summed E-state index contributed by atoms with van der Waals surface area (Å²) in [6, 6.07) is 6.16. The standard InChI is InChI=1S/C17H26N2O/c1-12(2)14-8-6-7-13(3)16(14)19-15(20)11-17(18)9-4-5-10-17/h6-8,12H,4-5,9-11,18H2,1-3H3,(H,19,20). The van der Waals surface area contributed by atoms with Crippen LogP contribution in [0.15, 0.2) is 18.2 Å². The van der Waals surface area contributed by atoms with Crippen molar-refractivity contribution in [1.29, 1.82) is 0 Å². The Morgan fingerprint density at radius 1 is 1.35 bits per heavy atom. The lowest BCUT2D eigenvalue weighted by molar-refractivity contribution is -0.117. The summed E-state index contributed by atoms with van der Waals surface area (Å²) < 4.78 is 0. The van der Waals surface area contributed by atoms with Crippen molar-refractivity contribution in [2.24, 2.45) is 5.73 Å². The summed E-state index contributed by atoms with van der Waals surface area (Å²) in [4.78, 5) is 12.3. The first kappa shape index (κ1) is 15.0. The summed E-state index contributed by atoms with van der Waals surface area (Å²) in [5.41, 5.74) is 9.27. The molecule has 0 saturated heterocycles. The molecule has 0 atom stereocenters. The fourth-order valence-electron chi connectivity index (χ4n) is 3.10. The Bertz CT molecular complexity index is 488. The topological polar surface area (TPSA) is 55.1 Å². The molecule has 1 fully saturated rings. The maximum atomic E-state index is 12.3. The molecule has 0 radical (unpaired) electrons. The van der Waals surface area contributed by atoms with Crippen molar-refractivity contribution in [3.63, 3.8) is 0 Å². The molecular weight excluding hydrogens is 248 g/mol. The van der Waals surface area contributed by atoms with E-state index in [1.165, 1.54) is 5.56 Å². The van der Waals surface area contributed by atoms with E-state index in [2.05, 4.69) is 25.2 Å². The fraction of sp³-hybridized carbons (Fsp3) is 0.588. The first-order valence-electron chi connectivity index (χ1n) is 7.59. The van der Waals surface area contributed by atoms with Gasteiger partial charge in [0.25, 0.3) is 0 Å². The minimum Gasteiger partial charge on any atom is -0.326 e. The molecule has 2 rings (SSSR count). The summed E-state index contributed by atoms with van der Waals surface area (Å²) >= 11 is 0. The lowest BCUT2D eigenvalue weighted by atomic mass is 9.93. The Morgan fingerprint density at radius 3 is 2.60 bits per heavy atom. The van der Waals surface area contributed by atoms with Crippen LogP contribution in [0.1, 0.15) is 63.0 Å². The largest absolute Gasteiger partial charge is 0.326 e. The van der Waals surface area contributed by atoms with Gasteiger partial charge in [-0.15, -0.1) is 0 Å². The molecule has 1 aliphatic rings. The average Bonchev–Trinajstić information content (AvgIpc) is 2.77. The molecule has 3 heteroatoms. The third kappa shape index (κ3) is 3.40. The van der Waals surface area contributed by atoms with E-state index in [-0.39, 0.29) is 11.4 Å². The van der Waals surface area contributed by atoms with Crippen LogP contribution in [-0.2, 0) is 4.79 Å². The molecule has 3 N–H and O–H groups in total. The molecule has 0 spiro atoms. The molecule has 20 heavy (non-hydrogen) atoms. The fourth-order valence-corrected chi connectivity index (χ4v) is 3.10. The first-order valence-corrected chi connectivity index (χ1v) is 7.59. The van der Waals surface area contributed by atoms with Crippen molar-refractivity contribution in [2.45, 2.75) is 64.3 Å². The number of amides is 1. The highest BCUT2D eigenvalue weighted by atomic mass is 16.1. The number of rotatable bonds is 4. The second kappa shape index (κ2) is 5.96. The van der Waals surface area contributed by atoms with E-state index >= 15 is 0 Å². The van der Waals surface area contributed by atoms with Gasteiger partial charge in [-0.3, -0.25) is 4.79 Å². The quantitative estimate of drug-likeness (QED) is 0.879. The minimum absolute atomic E-state index is 0.0469. The Morgan fingerprint density at radius 2 is 2.00 bits per heavy atom. The molecule has 0 aromatic heterocycles. The Labute approximate surface area is 121 Å². The highest BCUT2D eigenvalue weighted by molar-refractivity contribution is 5.93. The summed E-state index contributed by atoms with van der Waals surface area (Å²) in [6.45, 7) is 6.33. The van der Waals surface area contributed by atoms with Gasteiger partial charge in [-0.1, -0.05) is 44.9 Å². The molecule has 1 aliphatic carbocycles. The monoisotopic (exact) mass is 274 g/mol. The van der Waals surface area contributed by atoms with Gasteiger partial charge in [0.05, 0.1) is 0 Å². The van der Waals surface area contributed by atoms with Crippen molar-refractivity contribution in [1.82, 2.24) is 0 Å². The number of para-hydroxylation sites is 1. The van der Waals surface area contributed by atoms with Crippen molar-refractivity contribution < 1.29 is 4.79 Å². The van der Waals surface area contributed by atoms with Gasteiger partial charge >= 0.3 is 0 Å². The van der Waals surface area contributed by atoms with Crippen LogP contribution in [0, 0.1) is 6.92 Å². The van der Waals surface area contributed by atoms with Crippen LogP contribution in [0.2, 0.25) is 0 Å². The number of aryl methyl sites for hydroxylation is 1. The number of anilines is 1. The van der Waals surface area contributed by atoms with Crippen molar-refractivity contribution >= 4 is 11.6 Å². The van der Waals surface area contributed by atoms with E-state index in [9.17, 15) is 4.79 Å². The lowest BCUT2D eigenvalue weighted by Crippen LogP contribution is -2.40. The van der Waals surface area contributed by atoms with Crippen LogP contribution in [0.5, 0.6) is 0 Å². The van der Waals surface area contributed by atoms with E-state index in [4.69, 9.17) is 5.73 Å². The van der Waals surface area contributed by atoms with Gasteiger partial charge in [0.1, 0.15) is 0 Å². The molecule has 1 amide bonds. The smallest absolute Gasteiger partial charge is 0.226 e. The zero-order chi connectivity index (χ0) is 14.8. The highest BCUT2D eigenvalue weighted by Gasteiger charge is 2.31.